The van der Waals surface area contributed by atoms with E-state index in [-0.39, 0.29) is 5.91 Å². The summed E-state index contributed by atoms with van der Waals surface area (Å²) in [7, 11) is 0. The van der Waals surface area contributed by atoms with Crippen molar-refractivity contribution in [3.63, 3.8) is 0 Å². The number of carbonyl (C=O) groups is 1. The molecule has 0 aliphatic rings. The summed E-state index contributed by atoms with van der Waals surface area (Å²) >= 11 is 0. The van der Waals surface area contributed by atoms with Gasteiger partial charge < -0.3 is 15.5 Å². The van der Waals surface area contributed by atoms with E-state index in [4.69, 9.17) is 10.2 Å². The van der Waals surface area contributed by atoms with Crippen LogP contribution in [0, 0.1) is 6.92 Å². The largest absolute Gasteiger partial charge is 0.459 e. The van der Waals surface area contributed by atoms with Crippen LogP contribution in [0.3, 0.4) is 0 Å². The molecule has 3 N–H and O–H groups in total. The Hall–Kier alpha value is -1.81. The SMILES string of the molecule is Cc1c(CNC(=O)CCN)oc2ccccc12. The monoisotopic (exact) mass is 232 g/mol. The minimum Gasteiger partial charge on any atom is -0.459 e. The van der Waals surface area contributed by atoms with E-state index in [2.05, 4.69) is 5.32 Å². The normalized spacial score (nSPS) is 10.7. The van der Waals surface area contributed by atoms with Crippen LogP contribution in [0.4, 0.5) is 0 Å². The van der Waals surface area contributed by atoms with Crippen molar-refractivity contribution < 1.29 is 9.21 Å². The van der Waals surface area contributed by atoms with Crippen LogP contribution in [0.25, 0.3) is 11.0 Å². The molecule has 0 bridgehead atoms. The van der Waals surface area contributed by atoms with E-state index in [1.54, 1.807) is 0 Å². The fraction of sp³-hybridized carbons (Fsp3) is 0.308. The molecule has 2 aromatic rings. The number of amides is 1. The van der Waals surface area contributed by atoms with Gasteiger partial charge in [0.1, 0.15) is 11.3 Å². The molecule has 4 nitrogen and oxygen atoms in total. The summed E-state index contributed by atoms with van der Waals surface area (Å²) in [6, 6.07) is 7.84. The quantitative estimate of drug-likeness (QED) is 0.843. The van der Waals surface area contributed by atoms with Gasteiger partial charge in [0, 0.05) is 23.9 Å². The van der Waals surface area contributed by atoms with Gasteiger partial charge in [-0.3, -0.25) is 4.79 Å². The lowest BCUT2D eigenvalue weighted by Crippen LogP contribution is -2.25. The lowest BCUT2D eigenvalue weighted by molar-refractivity contribution is -0.121. The number of nitrogens with one attached hydrogen (secondary N) is 1. The Balaban J connectivity index is 2.14. The molecule has 0 aliphatic carbocycles. The maximum atomic E-state index is 11.3. The lowest BCUT2D eigenvalue weighted by atomic mass is 10.1. The minimum absolute atomic E-state index is 0.0487. The van der Waals surface area contributed by atoms with Gasteiger partial charge in [0.05, 0.1) is 6.54 Å². The maximum Gasteiger partial charge on any atom is 0.221 e. The molecule has 0 atom stereocenters. The van der Waals surface area contributed by atoms with Crippen LogP contribution in [0.2, 0.25) is 0 Å². The van der Waals surface area contributed by atoms with Gasteiger partial charge in [-0.2, -0.15) is 0 Å². The topological polar surface area (TPSA) is 68.3 Å². The molecule has 1 amide bonds. The number of hydrogen-bond acceptors (Lipinski definition) is 3. The third kappa shape index (κ3) is 2.47. The van der Waals surface area contributed by atoms with E-state index < -0.39 is 0 Å². The maximum absolute atomic E-state index is 11.3. The zero-order valence-corrected chi connectivity index (χ0v) is 9.82. The number of furan rings is 1. The highest BCUT2D eigenvalue weighted by atomic mass is 16.3. The van der Waals surface area contributed by atoms with Gasteiger partial charge in [0.2, 0.25) is 5.91 Å². The lowest BCUT2D eigenvalue weighted by Gasteiger charge is -2.02. The van der Waals surface area contributed by atoms with Crippen LogP contribution < -0.4 is 11.1 Å². The van der Waals surface area contributed by atoms with Crippen molar-refractivity contribution in [1.82, 2.24) is 5.32 Å². The third-order valence-electron chi connectivity index (χ3n) is 2.76. The van der Waals surface area contributed by atoms with Crippen molar-refractivity contribution in [2.45, 2.75) is 19.9 Å². The van der Waals surface area contributed by atoms with E-state index in [1.807, 2.05) is 31.2 Å². The minimum atomic E-state index is -0.0487. The van der Waals surface area contributed by atoms with Crippen LogP contribution in [-0.4, -0.2) is 12.5 Å². The van der Waals surface area contributed by atoms with Crippen LogP contribution in [0.5, 0.6) is 0 Å². The average molecular weight is 232 g/mol. The molecule has 1 heterocycles. The molecular formula is C13H16N2O2. The highest BCUT2D eigenvalue weighted by molar-refractivity contribution is 5.82. The number of carbonyl (C=O) groups excluding carboxylic acids is 1. The van der Waals surface area contributed by atoms with Crippen molar-refractivity contribution in [3.05, 3.63) is 35.6 Å². The van der Waals surface area contributed by atoms with Crippen LogP contribution >= 0.6 is 0 Å². The summed E-state index contributed by atoms with van der Waals surface area (Å²) < 4.78 is 5.68. The zero-order valence-electron chi connectivity index (χ0n) is 9.82. The van der Waals surface area contributed by atoms with Crippen molar-refractivity contribution in [1.29, 1.82) is 0 Å². The molecule has 0 fully saturated rings. The highest BCUT2D eigenvalue weighted by Crippen LogP contribution is 2.24. The Labute approximate surface area is 99.8 Å². The Morgan fingerprint density at radius 3 is 2.88 bits per heavy atom. The molecule has 0 spiro atoms. The highest BCUT2D eigenvalue weighted by Gasteiger charge is 2.10. The number of nitrogens with two attached hydrogens (primary N) is 1. The van der Waals surface area contributed by atoms with Gasteiger partial charge in [-0.1, -0.05) is 18.2 Å². The molecular weight excluding hydrogens is 216 g/mol. The second-order valence-corrected chi connectivity index (χ2v) is 3.96. The molecule has 2 rings (SSSR count). The van der Waals surface area contributed by atoms with E-state index in [0.717, 1.165) is 22.3 Å². The molecule has 17 heavy (non-hydrogen) atoms. The van der Waals surface area contributed by atoms with Crippen LogP contribution in [0.1, 0.15) is 17.7 Å². The summed E-state index contributed by atoms with van der Waals surface area (Å²) in [5.74, 6) is 0.754. The average Bonchev–Trinajstić information content (AvgIpc) is 2.65. The summed E-state index contributed by atoms with van der Waals surface area (Å²) in [6.07, 6.45) is 0.347. The Bertz CT molecular complexity index is 531. The standard InChI is InChI=1S/C13H16N2O2/c1-9-10-4-2-3-5-11(10)17-12(9)8-15-13(16)6-7-14/h2-5H,6-8,14H2,1H3,(H,15,16). The smallest absolute Gasteiger partial charge is 0.221 e. The van der Waals surface area contributed by atoms with Crippen LogP contribution in [0.15, 0.2) is 28.7 Å². The van der Waals surface area contributed by atoms with Gasteiger partial charge in [-0.25, -0.2) is 0 Å². The molecule has 0 aliphatic heterocycles. The van der Waals surface area contributed by atoms with Crippen molar-refractivity contribution in [2.24, 2.45) is 5.73 Å². The molecule has 90 valence electrons. The first-order valence-corrected chi connectivity index (χ1v) is 5.66. The zero-order chi connectivity index (χ0) is 12.3. The molecule has 0 unspecified atom stereocenters. The van der Waals surface area contributed by atoms with Crippen molar-refractivity contribution in [3.8, 4) is 0 Å². The number of para-hydroxylation sites is 1. The van der Waals surface area contributed by atoms with Gasteiger partial charge in [0.25, 0.3) is 0 Å². The number of aryl methyl sites for hydroxylation is 1. The van der Waals surface area contributed by atoms with E-state index in [1.165, 1.54) is 0 Å². The predicted molar refractivity (Wildman–Crippen MR) is 66.5 cm³/mol. The molecule has 4 heteroatoms. The summed E-state index contributed by atoms with van der Waals surface area (Å²) in [5, 5.41) is 3.88. The summed E-state index contributed by atoms with van der Waals surface area (Å²) in [6.45, 7) is 2.78. The van der Waals surface area contributed by atoms with Gasteiger partial charge in [0.15, 0.2) is 0 Å². The molecule has 0 saturated heterocycles. The Kier molecular flexibility index (Phi) is 3.44. The summed E-state index contributed by atoms with van der Waals surface area (Å²) in [4.78, 5) is 11.3. The first-order chi connectivity index (χ1) is 8.22. The molecule has 1 aromatic heterocycles. The Morgan fingerprint density at radius 1 is 1.41 bits per heavy atom. The third-order valence-corrected chi connectivity index (χ3v) is 2.76. The van der Waals surface area contributed by atoms with E-state index in [9.17, 15) is 4.79 Å². The number of rotatable bonds is 4. The van der Waals surface area contributed by atoms with Gasteiger partial charge in [-0.05, 0) is 13.0 Å². The predicted octanol–water partition coefficient (Wildman–Crippen LogP) is 1.71. The molecule has 0 radical (unpaired) electrons. The molecule has 0 saturated carbocycles. The second-order valence-electron chi connectivity index (χ2n) is 3.96. The first-order valence-electron chi connectivity index (χ1n) is 5.66. The first kappa shape index (κ1) is 11.7. The number of fused-ring (bicyclic) bond motifs is 1. The van der Waals surface area contributed by atoms with Gasteiger partial charge in [-0.15, -0.1) is 0 Å². The second kappa shape index (κ2) is 5.01. The van der Waals surface area contributed by atoms with Gasteiger partial charge >= 0.3 is 0 Å². The number of hydrogen-bond donors (Lipinski definition) is 2. The fourth-order valence-electron chi connectivity index (χ4n) is 1.79. The van der Waals surface area contributed by atoms with Crippen molar-refractivity contribution >= 4 is 16.9 Å². The van der Waals surface area contributed by atoms with Crippen LogP contribution in [-0.2, 0) is 11.3 Å². The fourth-order valence-corrected chi connectivity index (χ4v) is 1.79. The van der Waals surface area contributed by atoms with Crippen molar-refractivity contribution in [2.75, 3.05) is 6.54 Å². The number of benzene rings is 1. The summed E-state index contributed by atoms with van der Waals surface area (Å²) in [5.41, 5.74) is 7.24. The van der Waals surface area contributed by atoms with E-state index >= 15 is 0 Å². The van der Waals surface area contributed by atoms with E-state index in [0.29, 0.717) is 19.5 Å². The molecule has 1 aromatic carbocycles. The Morgan fingerprint density at radius 2 is 2.18 bits per heavy atom.